The van der Waals surface area contributed by atoms with Crippen LogP contribution < -0.4 is 5.32 Å². The molecule has 128 valence electrons. The van der Waals surface area contributed by atoms with Crippen molar-refractivity contribution in [2.45, 2.75) is 56.2 Å². The number of nitrogens with zero attached hydrogens (tertiary/aromatic N) is 1. The van der Waals surface area contributed by atoms with Gasteiger partial charge in [0.25, 0.3) is 0 Å². The number of hydrogen-bond acceptors (Lipinski definition) is 4. The Labute approximate surface area is 138 Å². The van der Waals surface area contributed by atoms with Crippen LogP contribution >= 0.6 is 11.8 Å². The van der Waals surface area contributed by atoms with Crippen molar-refractivity contribution in [2.75, 3.05) is 30.9 Å². The molecule has 1 aliphatic heterocycles. The highest BCUT2D eigenvalue weighted by Crippen LogP contribution is 2.42. The Kier molecular flexibility index (Phi) is 6.05. The maximum atomic E-state index is 12.4. The normalized spacial score (nSPS) is 23.3. The largest absolute Gasteiger partial charge is 0.336 e. The summed E-state index contributed by atoms with van der Waals surface area (Å²) in [6, 6.07) is -0.148. The van der Waals surface area contributed by atoms with Gasteiger partial charge in [-0.15, -0.1) is 0 Å². The van der Waals surface area contributed by atoms with Gasteiger partial charge in [0.2, 0.25) is 0 Å². The van der Waals surface area contributed by atoms with Gasteiger partial charge in [-0.05, 0) is 26.2 Å². The van der Waals surface area contributed by atoms with E-state index in [1.807, 2.05) is 23.6 Å². The number of rotatable bonds is 4. The second-order valence-corrected chi connectivity index (χ2v) is 10.6. The van der Waals surface area contributed by atoms with Crippen molar-refractivity contribution >= 4 is 27.6 Å². The lowest BCUT2D eigenvalue weighted by molar-refractivity contribution is 0.182. The Morgan fingerprint density at radius 3 is 2.64 bits per heavy atom. The summed E-state index contributed by atoms with van der Waals surface area (Å²) < 4.78 is 22.7. The lowest BCUT2D eigenvalue weighted by Crippen LogP contribution is -2.54. The fourth-order valence-electron chi connectivity index (χ4n) is 3.28. The molecule has 1 atom stereocenters. The van der Waals surface area contributed by atoms with E-state index >= 15 is 0 Å². The van der Waals surface area contributed by atoms with Gasteiger partial charge in [0.15, 0.2) is 0 Å². The molecule has 0 aromatic heterocycles. The van der Waals surface area contributed by atoms with Crippen LogP contribution in [0.25, 0.3) is 0 Å². The molecule has 1 saturated carbocycles. The number of nitrogens with one attached hydrogen (secondary N) is 1. The van der Waals surface area contributed by atoms with Crippen molar-refractivity contribution in [1.82, 2.24) is 10.2 Å². The summed E-state index contributed by atoms with van der Waals surface area (Å²) in [6.45, 7) is 3.50. The fourth-order valence-corrected chi connectivity index (χ4v) is 5.63. The van der Waals surface area contributed by atoms with Gasteiger partial charge >= 0.3 is 6.03 Å². The molecule has 0 aromatic rings. The molecule has 0 aromatic carbocycles. The summed E-state index contributed by atoms with van der Waals surface area (Å²) in [5.74, 6) is 1.12. The Bertz CT molecular complexity index is 482. The van der Waals surface area contributed by atoms with Gasteiger partial charge in [0.05, 0.1) is 5.75 Å². The van der Waals surface area contributed by atoms with E-state index in [-0.39, 0.29) is 22.6 Å². The van der Waals surface area contributed by atoms with Gasteiger partial charge < -0.3 is 10.2 Å². The number of hydrogen-bond donors (Lipinski definition) is 1. The molecular formula is C15H28N2O3S2. The maximum absolute atomic E-state index is 12.4. The van der Waals surface area contributed by atoms with Gasteiger partial charge in [0.1, 0.15) is 9.84 Å². The maximum Gasteiger partial charge on any atom is 0.317 e. The molecule has 7 heteroatoms. The van der Waals surface area contributed by atoms with Gasteiger partial charge in [-0.1, -0.05) is 19.3 Å². The predicted molar refractivity (Wildman–Crippen MR) is 92.2 cm³/mol. The second-order valence-electron chi connectivity index (χ2n) is 6.78. The van der Waals surface area contributed by atoms with Gasteiger partial charge in [-0.2, -0.15) is 11.8 Å². The summed E-state index contributed by atoms with van der Waals surface area (Å²) >= 11 is 2.04. The highest BCUT2D eigenvalue weighted by Gasteiger charge is 2.38. The Morgan fingerprint density at radius 2 is 2.00 bits per heavy atom. The molecule has 0 bridgehead atoms. The van der Waals surface area contributed by atoms with Crippen molar-refractivity contribution < 1.29 is 13.2 Å². The standard InChI is InChI=1S/C15H28N2O3S2/c1-13(6-11-22(2,19)20)16-14(18)17-9-10-21-15(12-17)7-4-3-5-8-15/h13H,3-12H2,1-2H3,(H,16,18). The number of urea groups is 1. The third-order valence-corrected chi connectivity index (χ3v) is 7.11. The average Bonchev–Trinajstić information content (AvgIpc) is 2.45. The third kappa shape index (κ3) is 5.33. The van der Waals surface area contributed by atoms with Crippen molar-refractivity contribution in [2.24, 2.45) is 0 Å². The number of amides is 2. The lowest BCUT2D eigenvalue weighted by Gasteiger charge is -2.44. The first-order chi connectivity index (χ1) is 10.3. The summed E-state index contributed by atoms with van der Waals surface area (Å²) in [7, 11) is -2.97. The van der Waals surface area contributed by atoms with E-state index in [1.54, 1.807) is 0 Å². The zero-order chi connectivity index (χ0) is 16.2. The number of carbonyl (C=O) groups excluding carboxylic acids is 1. The monoisotopic (exact) mass is 348 g/mol. The minimum Gasteiger partial charge on any atom is -0.336 e. The number of sulfone groups is 1. The number of thioether (sulfide) groups is 1. The molecule has 2 fully saturated rings. The van der Waals surface area contributed by atoms with Crippen LogP contribution in [0.2, 0.25) is 0 Å². The first-order valence-corrected chi connectivity index (χ1v) is 11.2. The van der Waals surface area contributed by atoms with Crippen molar-refractivity contribution in [3.63, 3.8) is 0 Å². The van der Waals surface area contributed by atoms with E-state index in [9.17, 15) is 13.2 Å². The summed E-state index contributed by atoms with van der Waals surface area (Å²) in [5.41, 5.74) is 0. The highest BCUT2D eigenvalue weighted by atomic mass is 32.2. The number of carbonyl (C=O) groups is 1. The van der Waals surface area contributed by atoms with Crippen molar-refractivity contribution in [3.8, 4) is 0 Å². The summed E-state index contributed by atoms with van der Waals surface area (Å²) in [5, 5.41) is 2.96. The third-order valence-electron chi connectivity index (χ3n) is 4.59. The van der Waals surface area contributed by atoms with Crippen molar-refractivity contribution in [1.29, 1.82) is 0 Å². The molecule has 5 nitrogen and oxygen atoms in total. The minimum atomic E-state index is -2.97. The molecule has 2 rings (SSSR count). The Hall–Kier alpha value is -0.430. The van der Waals surface area contributed by atoms with Crippen LogP contribution in [-0.2, 0) is 9.84 Å². The molecule has 2 amide bonds. The zero-order valence-electron chi connectivity index (χ0n) is 13.6. The Balaban J connectivity index is 1.83. The molecule has 1 unspecified atom stereocenters. The van der Waals surface area contributed by atoms with Crippen molar-refractivity contribution in [3.05, 3.63) is 0 Å². The minimum absolute atomic E-state index is 0.0359. The van der Waals surface area contributed by atoms with E-state index in [0.29, 0.717) is 6.42 Å². The molecule has 1 spiro atoms. The SMILES string of the molecule is CC(CCS(C)(=O)=O)NC(=O)N1CCSC2(CCCCC2)C1. The van der Waals surface area contributed by atoms with Gasteiger partial charge in [-0.25, -0.2) is 13.2 Å². The molecule has 1 heterocycles. The van der Waals surface area contributed by atoms with Crippen LogP contribution in [0.3, 0.4) is 0 Å². The molecule has 1 saturated heterocycles. The molecule has 0 radical (unpaired) electrons. The highest BCUT2D eigenvalue weighted by molar-refractivity contribution is 8.00. The summed E-state index contributed by atoms with van der Waals surface area (Å²) in [4.78, 5) is 14.3. The quantitative estimate of drug-likeness (QED) is 0.846. The van der Waals surface area contributed by atoms with E-state index in [1.165, 1.54) is 38.4 Å². The Morgan fingerprint density at radius 1 is 1.32 bits per heavy atom. The van der Waals surface area contributed by atoms with Crippen LogP contribution in [0.1, 0.15) is 45.4 Å². The van der Waals surface area contributed by atoms with Crippen LogP contribution in [0.5, 0.6) is 0 Å². The first-order valence-electron chi connectivity index (χ1n) is 8.17. The van der Waals surface area contributed by atoms with E-state index < -0.39 is 9.84 Å². The predicted octanol–water partition coefficient (Wildman–Crippen LogP) is 2.27. The fraction of sp³-hybridized carbons (Fsp3) is 0.933. The smallest absolute Gasteiger partial charge is 0.317 e. The topological polar surface area (TPSA) is 66.5 Å². The molecule has 1 N–H and O–H groups in total. The zero-order valence-corrected chi connectivity index (χ0v) is 15.3. The molecule has 22 heavy (non-hydrogen) atoms. The van der Waals surface area contributed by atoms with Crippen LogP contribution in [0.15, 0.2) is 0 Å². The van der Waals surface area contributed by atoms with E-state index in [0.717, 1.165) is 18.8 Å². The van der Waals surface area contributed by atoms with Crippen LogP contribution in [0.4, 0.5) is 4.79 Å². The molecule has 2 aliphatic rings. The summed E-state index contributed by atoms with van der Waals surface area (Å²) in [6.07, 6.45) is 7.99. The van der Waals surface area contributed by atoms with Gasteiger partial charge in [0, 0.05) is 35.9 Å². The average molecular weight is 349 g/mol. The van der Waals surface area contributed by atoms with E-state index in [4.69, 9.17) is 0 Å². The molecule has 1 aliphatic carbocycles. The van der Waals surface area contributed by atoms with Crippen LogP contribution in [-0.4, -0.2) is 61.0 Å². The molecular weight excluding hydrogens is 320 g/mol. The second kappa shape index (κ2) is 7.43. The first kappa shape index (κ1) is 17.9. The van der Waals surface area contributed by atoms with E-state index in [2.05, 4.69) is 5.32 Å². The van der Waals surface area contributed by atoms with Crippen LogP contribution in [0, 0.1) is 0 Å². The lowest BCUT2D eigenvalue weighted by atomic mass is 9.87. The van der Waals surface area contributed by atoms with Gasteiger partial charge in [-0.3, -0.25) is 0 Å².